The second-order valence-corrected chi connectivity index (χ2v) is 7.46. The maximum atomic E-state index is 12.8. The van der Waals surface area contributed by atoms with E-state index >= 15 is 0 Å². The number of carbonyl (C=O) groups is 1. The molecule has 0 amide bonds. The summed E-state index contributed by atoms with van der Waals surface area (Å²) in [7, 11) is 0. The van der Waals surface area contributed by atoms with Crippen molar-refractivity contribution < 1.29 is 18.0 Å². The first kappa shape index (κ1) is 19.6. The molecule has 1 aromatic rings. The molecule has 25 heavy (non-hydrogen) atoms. The van der Waals surface area contributed by atoms with Crippen LogP contribution in [0.5, 0.6) is 0 Å². The first-order chi connectivity index (χ1) is 11.6. The number of hydrogen-bond donors (Lipinski definition) is 0. The lowest BCUT2D eigenvalue weighted by Crippen LogP contribution is -2.30. The van der Waals surface area contributed by atoms with Crippen molar-refractivity contribution in [1.82, 2.24) is 9.88 Å². The Hall–Kier alpha value is -1.69. The molecule has 0 atom stereocenters. The molecule has 0 bridgehead atoms. The number of aromatic nitrogens is 1. The number of nitrogens with zero attached hydrogens (tertiary/aromatic N) is 2. The standard InChI is InChI=1S/C19H25F3N2O/c1-18(2,3)17(25)8-5-11-24-12-9-14(10-13-24)15-6-4-7-16(23-15)19(20,21)22/h4,6-7,9H,5,8,10-13H2,1-3H3. The third-order valence-electron chi connectivity index (χ3n) is 4.38. The smallest absolute Gasteiger partial charge is 0.299 e. The van der Waals surface area contributed by atoms with Crippen molar-refractivity contribution in [2.75, 3.05) is 19.6 Å². The van der Waals surface area contributed by atoms with Gasteiger partial charge >= 0.3 is 6.18 Å². The molecule has 1 aromatic heterocycles. The summed E-state index contributed by atoms with van der Waals surface area (Å²) in [5, 5.41) is 0. The van der Waals surface area contributed by atoms with Crippen molar-refractivity contribution in [3.05, 3.63) is 35.7 Å². The first-order valence-corrected chi connectivity index (χ1v) is 8.57. The van der Waals surface area contributed by atoms with E-state index < -0.39 is 11.9 Å². The molecule has 2 rings (SSSR count). The second kappa shape index (κ2) is 7.68. The molecule has 2 heterocycles. The Kier molecular flexibility index (Phi) is 6.03. The van der Waals surface area contributed by atoms with E-state index in [0.29, 0.717) is 25.1 Å². The van der Waals surface area contributed by atoms with Crippen molar-refractivity contribution in [1.29, 1.82) is 0 Å². The van der Waals surface area contributed by atoms with Gasteiger partial charge in [0.2, 0.25) is 0 Å². The quantitative estimate of drug-likeness (QED) is 0.776. The molecule has 1 aliphatic rings. The number of pyridine rings is 1. The zero-order chi connectivity index (χ0) is 18.7. The Balaban J connectivity index is 1.89. The average Bonchev–Trinajstić information content (AvgIpc) is 2.54. The molecule has 1 aliphatic heterocycles. The van der Waals surface area contributed by atoms with Crippen molar-refractivity contribution in [2.24, 2.45) is 5.41 Å². The minimum Gasteiger partial charge on any atom is -0.299 e. The summed E-state index contributed by atoms with van der Waals surface area (Å²) in [6.07, 6.45) is -0.442. The zero-order valence-corrected chi connectivity index (χ0v) is 15.0. The van der Waals surface area contributed by atoms with Crippen LogP contribution in [0.15, 0.2) is 24.3 Å². The van der Waals surface area contributed by atoms with Crippen LogP contribution in [0.4, 0.5) is 13.2 Å². The largest absolute Gasteiger partial charge is 0.433 e. The predicted octanol–water partition coefficient (Wildman–Crippen LogP) is 4.58. The molecular weight excluding hydrogens is 329 g/mol. The Morgan fingerprint density at radius 3 is 2.52 bits per heavy atom. The van der Waals surface area contributed by atoms with Crippen LogP contribution >= 0.6 is 0 Å². The lowest BCUT2D eigenvalue weighted by atomic mass is 9.88. The molecule has 0 N–H and O–H groups in total. The highest BCUT2D eigenvalue weighted by Crippen LogP contribution is 2.29. The van der Waals surface area contributed by atoms with Gasteiger partial charge in [-0.25, -0.2) is 4.98 Å². The molecule has 3 nitrogen and oxygen atoms in total. The highest BCUT2D eigenvalue weighted by molar-refractivity contribution is 5.83. The van der Waals surface area contributed by atoms with Gasteiger partial charge in [0.05, 0.1) is 5.69 Å². The fourth-order valence-electron chi connectivity index (χ4n) is 2.76. The first-order valence-electron chi connectivity index (χ1n) is 8.57. The Bertz CT molecular complexity index is 645. The van der Waals surface area contributed by atoms with E-state index in [1.807, 2.05) is 26.8 Å². The lowest BCUT2D eigenvalue weighted by molar-refractivity contribution is -0.141. The minimum absolute atomic E-state index is 0.258. The van der Waals surface area contributed by atoms with Crippen LogP contribution in [-0.4, -0.2) is 35.3 Å². The molecule has 0 aliphatic carbocycles. The number of alkyl halides is 3. The molecule has 0 radical (unpaired) electrons. The molecule has 0 aromatic carbocycles. The number of rotatable bonds is 5. The number of halogens is 3. The van der Waals surface area contributed by atoms with E-state index in [2.05, 4.69) is 9.88 Å². The minimum atomic E-state index is -4.42. The Morgan fingerprint density at radius 1 is 1.24 bits per heavy atom. The Labute approximate surface area is 146 Å². The summed E-state index contributed by atoms with van der Waals surface area (Å²) in [6, 6.07) is 4.01. The van der Waals surface area contributed by atoms with Crippen LogP contribution in [0.25, 0.3) is 5.57 Å². The van der Waals surface area contributed by atoms with E-state index in [-0.39, 0.29) is 11.2 Å². The summed E-state index contributed by atoms with van der Waals surface area (Å²) >= 11 is 0. The maximum Gasteiger partial charge on any atom is 0.433 e. The predicted molar refractivity (Wildman–Crippen MR) is 92.0 cm³/mol. The summed E-state index contributed by atoms with van der Waals surface area (Å²) in [5.41, 5.74) is 0.101. The van der Waals surface area contributed by atoms with Crippen molar-refractivity contribution >= 4 is 11.4 Å². The normalized spacial score (nSPS) is 16.6. The molecule has 0 saturated heterocycles. The number of hydrogen-bond acceptors (Lipinski definition) is 3. The van der Waals surface area contributed by atoms with Gasteiger partial charge in [-0.3, -0.25) is 9.69 Å². The van der Waals surface area contributed by atoms with Gasteiger partial charge in [-0.1, -0.05) is 32.9 Å². The zero-order valence-electron chi connectivity index (χ0n) is 15.0. The summed E-state index contributed by atoms with van der Waals surface area (Å²) in [4.78, 5) is 17.9. The van der Waals surface area contributed by atoms with Crippen LogP contribution in [0.2, 0.25) is 0 Å². The average molecular weight is 354 g/mol. The topological polar surface area (TPSA) is 33.2 Å². The van der Waals surface area contributed by atoms with Gasteiger partial charge < -0.3 is 0 Å². The monoisotopic (exact) mass is 354 g/mol. The van der Waals surface area contributed by atoms with E-state index in [1.54, 1.807) is 6.07 Å². The van der Waals surface area contributed by atoms with E-state index in [4.69, 9.17) is 0 Å². The fourth-order valence-corrected chi connectivity index (χ4v) is 2.76. The van der Waals surface area contributed by atoms with E-state index in [9.17, 15) is 18.0 Å². The number of ketones is 1. The molecule has 0 fully saturated rings. The third kappa shape index (κ3) is 5.66. The van der Waals surface area contributed by atoms with Gasteiger partial charge in [-0.05, 0) is 37.1 Å². The molecular formula is C19H25F3N2O. The third-order valence-corrected chi connectivity index (χ3v) is 4.38. The number of Topliss-reactive ketones (excluding diaryl/α,β-unsaturated/α-hetero) is 1. The summed E-state index contributed by atoms with van der Waals surface area (Å²) in [5.74, 6) is 0.258. The van der Waals surface area contributed by atoms with Crippen molar-refractivity contribution in [3.63, 3.8) is 0 Å². The maximum absolute atomic E-state index is 12.8. The van der Waals surface area contributed by atoms with E-state index in [1.165, 1.54) is 6.07 Å². The van der Waals surface area contributed by atoms with Gasteiger partial charge in [-0.2, -0.15) is 13.2 Å². The van der Waals surface area contributed by atoms with Gasteiger partial charge in [-0.15, -0.1) is 0 Å². The number of carbonyl (C=O) groups excluding carboxylic acids is 1. The van der Waals surface area contributed by atoms with Gasteiger partial charge in [0.25, 0.3) is 0 Å². The molecule has 0 spiro atoms. The SMILES string of the molecule is CC(C)(C)C(=O)CCCN1CC=C(c2cccc(C(F)(F)F)n2)CC1. The Morgan fingerprint density at radius 2 is 1.96 bits per heavy atom. The van der Waals surface area contributed by atoms with Gasteiger partial charge in [0.15, 0.2) is 0 Å². The fraction of sp³-hybridized carbons (Fsp3) is 0.579. The summed E-state index contributed by atoms with van der Waals surface area (Å²) < 4.78 is 38.3. The highest BCUT2D eigenvalue weighted by Gasteiger charge is 2.32. The van der Waals surface area contributed by atoms with Gasteiger partial charge in [0.1, 0.15) is 11.5 Å². The molecule has 138 valence electrons. The van der Waals surface area contributed by atoms with Crippen LogP contribution in [-0.2, 0) is 11.0 Å². The summed E-state index contributed by atoms with van der Waals surface area (Å²) in [6.45, 7) is 8.04. The van der Waals surface area contributed by atoms with Crippen LogP contribution in [0.3, 0.4) is 0 Å². The second-order valence-electron chi connectivity index (χ2n) is 7.46. The van der Waals surface area contributed by atoms with Crippen molar-refractivity contribution in [2.45, 2.75) is 46.2 Å². The van der Waals surface area contributed by atoms with Crippen LogP contribution in [0, 0.1) is 5.41 Å². The highest BCUT2D eigenvalue weighted by atomic mass is 19.4. The van der Waals surface area contributed by atoms with Crippen LogP contribution < -0.4 is 0 Å². The lowest BCUT2D eigenvalue weighted by Gasteiger charge is -2.26. The van der Waals surface area contributed by atoms with Crippen LogP contribution in [0.1, 0.15) is 51.4 Å². The molecule has 6 heteroatoms. The van der Waals surface area contributed by atoms with Gasteiger partial charge in [0, 0.05) is 24.9 Å². The van der Waals surface area contributed by atoms with E-state index in [0.717, 1.165) is 31.1 Å². The molecule has 0 unspecified atom stereocenters. The molecule has 0 saturated carbocycles. The van der Waals surface area contributed by atoms with Crippen molar-refractivity contribution in [3.8, 4) is 0 Å².